The highest BCUT2D eigenvalue weighted by atomic mass is 35.5. The Bertz CT molecular complexity index is 1120. The number of halogens is 2. The second-order valence-electron chi connectivity index (χ2n) is 7.02. The summed E-state index contributed by atoms with van der Waals surface area (Å²) >= 11 is 5.81. The molecule has 1 atom stereocenters. The van der Waals surface area contributed by atoms with E-state index < -0.39 is 23.2 Å². The third-order valence-corrected chi connectivity index (χ3v) is 5.53. The number of methoxy groups -OCH3 is 3. The van der Waals surface area contributed by atoms with Crippen molar-refractivity contribution in [2.75, 3.05) is 26.2 Å². The van der Waals surface area contributed by atoms with Crippen LogP contribution in [0.2, 0.25) is 5.02 Å². The SMILES string of the molecule is COc1cc(OC)c(C2=NOC3(CC(=O)N(c4ccc(F)c(Cl)c4)C3=O)C2)cc1OC. The number of hydrogen-bond donors (Lipinski definition) is 0. The molecule has 0 N–H and O–H groups in total. The summed E-state index contributed by atoms with van der Waals surface area (Å²) in [5.74, 6) is -0.401. The molecule has 162 valence electrons. The van der Waals surface area contributed by atoms with Crippen LogP contribution in [0.25, 0.3) is 0 Å². The smallest absolute Gasteiger partial charge is 0.281 e. The van der Waals surface area contributed by atoms with Gasteiger partial charge in [0.2, 0.25) is 11.5 Å². The summed E-state index contributed by atoms with van der Waals surface area (Å²) in [6.07, 6.45) is -0.182. The van der Waals surface area contributed by atoms with Gasteiger partial charge < -0.3 is 19.0 Å². The maximum Gasteiger partial charge on any atom is 0.281 e. The fraction of sp³-hybridized carbons (Fsp3) is 0.286. The molecule has 0 saturated carbocycles. The van der Waals surface area contributed by atoms with Gasteiger partial charge in [0.05, 0.1) is 44.2 Å². The number of amides is 2. The molecule has 31 heavy (non-hydrogen) atoms. The molecule has 2 aromatic rings. The molecule has 1 fully saturated rings. The Morgan fingerprint density at radius 1 is 1.03 bits per heavy atom. The Morgan fingerprint density at radius 2 is 1.71 bits per heavy atom. The van der Waals surface area contributed by atoms with Gasteiger partial charge in [-0.05, 0) is 24.3 Å². The van der Waals surface area contributed by atoms with Crippen LogP contribution in [0.1, 0.15) is 18.4 Å². The number of hydrogen-bond acceptors (Lipinski definition) is 7. The van der Waals surface area contributed by atoms with Gasteiger partial charge in [-0.3, -0.25) is 9.59 Å². The van der Waals surface area contributed by atoms with Crippen molar-refractivity contribution in [1.82, 2.24) is 0 Å². The summed E-state index contributed by atoms with van der Waals surface area (Å²) < 4.78 is 29.6. The topological polar surface area (TPSA) is 86.7 Å². The van der Waals surface area contributed by atoms with Gasteiger partial charge in [-0.1, -0.05) is 16.8 Å². The number of ether oxygens (including phenoxy) is 3. The van der Waals surface area contributed by atoms with Crippen molar-refractivity contribution < 1.29 is 33.0 Å². The molecule has 2 aliphatic heterocycles. The summed E-state index contributed by atoms with van der Waals surface area (Å²) in [5.41, 5.74) is -0.372. The predicted octanol–water partition coefficient (Wildman–Crippen LogP) is 3.33. The van der Waals surface area contributed by atoms with Gasteiger partial charge in [0.25, 0.3) is 5.91 Å². The molecule has 1 saturated heterocycles. The van der Waals surface area contributed by atoms with Crippen LogP contribution < -0.4 is 19.1 Å². The first-order valence-electron chi connectivity index (χ1n) is 9.21. The number of carbonyl (C=O) groups excluding carboxylic acids is 2. The van der Waals surface area contributed by atoms with Crippen LogP contribution in [0.5, 0.6) is 17.2 Å². The number of nitrogens with zero attached hydrogens (tertiary/aromatic N) is 2. The Labute approximate surface area is 182 Å². The predicted molar refractivity (Wildman–Crippen MR) is 110 cm³/mol. The zero-order chi connectivity index (χ0) is 22.3. The number of oxime groups is 1. The van der Waals surface area contributed by atoms with E-state index in [1.54, 1.807) is 12.1 Å². The van der Waals surface area contributed by atoms with Crippen molar-refractivity contribution in [3.63, 3.8) is 0 Å². The molecule has 0 radical (unpaired) electrons. The number of carbonyl (C=O) groups is 2. The Balaban J connectivity index is 1.65. The molecule has 0 aliphatic carbocycles. The molecule has 0 bridgehead atoms. The van der Waals surface area contributed by atoms with Gasteiger partial charge in [0.1, 0.15) is 11.6 Å². The molecule has 1 unspecified atom stereocenters. The maximum absolute atomic E-state index is 13.5. The number of benzene rings is 2. The van der Waals surface area contributed by atoms with E-state index in [9.17, 15) is 14.0 Å². The van der Waals surface area contributed by atoms with E-state index in [1.807, 2.05) is 0 Å². The van der Waals surface area contributed by atoms with Crippen molar-refractivity contribution in [3.05, 3.63) is 46.7 Å². The zero-order valence-corrected chi connectivity index (χ0v) is 17.7. The van der Waals surface area contributed by atoms with E-state index in [4.69, 9.17) is 30.6 Å². The number of anilines is 1. The van der Waals surface area contributed by atoms with Gasteiger partial charge in [0.15, 0.2) is 11.5 Å². The molecule has 8 nitrogen and oxygen atoms in total. The van der Waals surface area contributed by atoms with Crippen molar-refractivity contribution in [2.24, 2.45) is 5.16 Å². The van der Waals surface area contributed by atoms with Crippen molar-refractivity contribution in [2.45, 2.75) is 18.4 Å². The minimum absolute atomic E-state index is 0.0366. The molecule has 2 heterocycles. The van der Waals surface area contributed by atoms with Gasteiger partial charge in [0, 0.05) is 18.1 Å². The Morgan fingerprint density at radius 3 is 2.35 bits per heavy atom. The van der Waals surface area contributed by atoms with Gasteiger partial charge >= 0.3 is 0 Å². The summed E-state index contributed by atoms with van der Waals surface area (Å²) in [6, 6.07) is 6.92. The first-order chi connectivity index (χ1) is 14.8. The Kier molecular flexibility index (Phi) is 5.22. The van der Waals surface area contributed by atoms with Crippen molar-refractivity contribution >= 4 is 34.8 Å². The van der Waals surface area contributed by atoms with Crippen LogP contribution in [-0.2, 0) is 14.4 Å². The minimum Gasteiger partial charge on any atom is -0.496 e. The number of imide groups is 1. The van der Waals surface area contributed by atoms with Crippen LogP contribution in [-0.4, -0.2) is 44.5 Å². The van der Waals surface area contributed by atoms with E-state index in [1.165, 1.54) is 33.5 Å². The van der Waals surface area contributed by atoms with Crippen molar-refractivity contribution in [1.29, 1.82) is 0 Å². The normalized spacial score (nSPS) is 20.2. The van der Waals surface area contributed by atoms with Gasteiger partial charge in [-0.25, -0.2) is 9.29 Å². The van der Waals surface area contributed by atoms with Gasteiger partial charge in [-0.2, -0.15) is 0 Å². The van der Waals surface area contributed by atoms with E-state index in [-0.39, 0.29) is 23.6 Å². The monoisotopic (exact) mass is 448 g/mol. The summed E-state index contributed by atoms with van der Waals surface area (Å²) in [6.45, 7) is 0. The van der Waals surface area contributed by atoms with Crippen LogP contribution in [0, 0.1) is 5.82 Å². The van der Waals surface area contributed by atoms with Crippen molar-refractivity contribution in [3.8, 4) is 17.2 Å². The second-order valence-corrected chi connectivity index (χ2v) is 7.42. The van der Waals surface area contributed by atoms with Gasteiger partial charge in [-0.15, -0.1) is 0 Å². The highest BCUT2D eigenvalue weighted by Gasteiger charge is 2.58. The molecule has 2 amide bonds. The van der Waals surface area contributed by atoms with E-state index in [0.29, 0.717) is 28.5 Å². The molecule has 2 aromatic carbocycles. The molecule has 10 heteroatoms. The first-order valence-corrected chi connectivity index (χ1v) is 9.59. The van der Waals surface area contributed by atoms with Crippen LogP contribution in [0.15, 0.2) is 35.5 Å². The first kappa shape index (κ1) is 20.9. The summed E-state index contributed by atoms with van der Waals surface area (Å²) in [5, 5.41) is 3.88. The molecular weight excluding hydrogens is 431 g/mol. The lowest BCUT2D eigenvalue weighted by Gasteiger charge is -2.20. The third-order valence-electron chi connectivity index (χ3n) is 5.24. The lowest BCUT2D eigenvalue weighted by Crippen LogP contribution is -2.40. The van der Waals surface area contributed by atoms with Crippen LogP contribution in [0.3, 0.4) is 0 Å². The fourth-order valence-electron chi connectivity index (χ4n) is 3.69. The lowest BCUT2D eigenvalue weighted by molar-refractivity contribution is -0.136. The average Bonchev–Trinajstić information content (AvgIpc) is 3.29. The lowest BCUT2D eigenvalue weighted by atomic mass is 9.92. The third kappa shape index (κ3) is 3.34. The Hall–Kier alpha value is -3.33. The minimum atomic E-state index is -1.49. The second kappa shape index (κ2) is 7.73. The molecular formula is C21H18ClFN2O6. The van der Waals surface area contributed by atoms with E-state index in [0.717, 1.165) is 11.0 Å². The molecule has 0 aromatic heterocycles. The van der Waals surface area contributed by atoms with E-state index >= 15 is 0 Å². The molecule has 1 spiro atoms. The summed E-state index contributed by atoms with van der Waals surface area (Å²) in [7, 11) is 4.48. The number of rotatable bonds is 5. The largest absolute Gasteiger partial charge is 0.496 e. The average molecular weight is 449 g/mol. The quantitative estimate of drug-likeness (QED) is 0.652. The fourth-order valence-corrected chi connectivity index (χ4v) is 3.86. The highest BCUT2D eigenvalue weighted by Crippen LogP contribution is 2.42. The molecule has 2 aliphatic rings. The van der Waals surface area contributed by atoms with E-state index in [2.05, 4.69) is 5.16 Å². The maximum atomic E-state index is 13.5. The standard InChI is InChI=1S/C21H18ClFN2O6/c1-28-16-8-18(30-3)17(29-2)7-12(16)15-9-21(31-24-15)10-19(26)25(20(21)27)11-4-5-14(23)13(22)6-11/h4-8H,9-10H2,1-3H3. The zero-order valence-electron chi connectivity index (χ0n) is 16.9. The summed E-state index contributed by atoms with van der Waals surface area (Å²) in [4.78, 5) is 32.3. The van der Waals surface area contributed by atoms with Crippen LogP contribution >= 0.6 is 11.6 Å². The highest BCUT2D eigenvalue weighted by molar-refractivity contribution is 6.32. The van der Waals surface area contributed by atoms with Crippen LogP contribution in [0.4, 0.5) is 10.1 Å². The molecule has 4 rings (SSSR count).